The monoisotopic (exact) mass is 337 g/mol. The number of benzene rings is 1. The summed E-state index contributed by atoms with van der Waals surface area (Å²) in [6, 6.07) is 6.31. The fourth-order valence-corrected chi connectivity index (χ4v) is 3.86. The largest absolute Gasteiger partial charge is 0.504 e. The fourth-order valence-electron chi connectivity index (χ4n) is 2.99. The van der Waals surface area contributed by atoms with Crippen LogP contribution in [0.2, 0.25) is 0 Å². The summed E-state index contributed by atoms with van der Waals surface area (Å²) in [5, 5.41) is 11.9. The molecule has 2 N–H and O–H groups in total. The van der Waals surface area contributed by atoms with Gasteiger partial charge in [-0.25, -0.2) is 0 Å². The first-order valence-electron chi connectivity index (χ1n) is 6.71. The molecule has 0 atom stereocenters. The van der Waals surface area contributed by atoms with Crippen LogP contribution in [0.25, 0.3) is 10.8 Å². The molecule has 3 rings (SSSR count). The van der Waals surface area contributed by atoms with Crippen molar-refractivity contribution in [1.29, 1.82) is 0 Å². The molecular formula is C15H16BrNOS. The van der Waals surface area contributed by atoms with Gasteiger partial charge in [-0.2, -0.15) is 0 Å². The number of aromatic hydroxyl groups is 1. The van der Waals surface area contributed by atoms with Gasteiger partial charge in [-0.1, -0.05) is 43.6 Å². The van der Waals surface area contributed by atoms with Crippen molar-refractivity contribution in [2.24, 2.45) is 0 Å². The van der Waals surface area contributed by atoms with Crippen molar-refractivity contribution in [2.75, 3.05) is 0 Å². The van der Waals surface area contributed by atoms with E-state index in [-0.39, 0.29) is 5.75 Å². The number of hydrogen-bond donors (Lipinski definition) is 2. The zero-order valence-electron chi connectivity index (χ0n) is 10.6. The lowest BCUT2D eigenvalue weighted by Gasteiger charge is -2.22. The molecule has 2 aromatic rings. The number of hydrogen-bond acceptors (Lipinski definition) is 2. The van der Waals surface area contributed by atoms with Gasteiger partial charge < -0.3 is 10.1 Å². The molecule has 1 aliphatic rings. The van der Waals surface area contributed by atoms with Crippen LogP contribution in [0.4, 0.5) is 0 Å². The minimum atomic E-state index is 0.170. The predicted molar refractivity (Wildman–Crippen MR) is 84.3 cm³/mol. The average molecular weight is 338 g/mol. The minimum absolute atomic E-state index is 0.170. The Kier molecular flexibility index (Phi) is 3.63. The third kappa shape index (κ3) is 2.43. The van der Waals surface area contributed by atoms with E-state index in [0.29, 0.717) is 10.6 Å². The number of H-pyrrole nitrogens is 1. The fraction of sp³-hybridized carbons (Fsp3) is 0.400. The Morgan fingerprint density at radius 3 is 2.63 bits per heavy atom. The van der Waals surface area contributed by atoms with E-state index in [2.05, 4.69) is 33.0 Å². The lowest BCUT2D eigenvalue weighted by atomic mass is 9.83. The van der Waals surface area contributed by atoms with Crippen molar-refractivity contribution >= 4 is 38.9 Å². The number of halogens is 1. The molecule has 1 aliphatic carbocycles. The van der Waals surface area contributed by atoms with Crippen LogP contribution in [0.5, 0.6) is 5.75 Å². The normalized spacial score (nSPS) is 16.9. The summed E-state index contributed by atoms with van der Waals surface area (Å²) < 4.78 is 1.23. The van der Waals surface area contributed by atoms with Crippen LogP contribution in [-0.4, -0.2) is 10.1 Å². The third-order valence-corrected chi connectivity index (χ3v) is 4.97. The van der Waals surface area contributed by atoms with Crippen LogP contribution < -0.4 is 0 Å². The molecule has 0 bridgehead atoms. The van der Waals surface area contributed by atoms with E-state index in [1.54, 1.807) is 0 Å². The Hall–Kier alpha value is -0.870. The van der Waals surface area contributed by atoms with Gasteiger partial charge in [-0.05, 0) is 46.3 Å². The van der Waals surface area contributed by atoms with Crippen LogP contribution in [0.1, 0.15) is 43.6 Å². The van der Waals surface area contributed by atoms with E-state index >= 15 is 0 Å². The van der Waals surface area contributed by atoms with Gasteiger partial charge in [0.1, 0.15) is 4.64 Å². The molecule has 4 heteroatoms. The molecule has 0 unspecified atom stereocenters. The second-order valence-corrected chi connectivity index (χ2v) is 6.46. The smallest absolute Gasteiger partial charge is 0.158 e. The van der Waals surface area contributed by atoms with Gasteiger partial charge in [0.05, 0.1) is 4.60 Å². The van der Waals surface area contributed by atoms with Gasteiger partial charge >= 0.3 is 0 Å². The molecule has 1 heterocycles. The second-order valence-electron chi connectivity index (χ2n) is 5.26. The van der Waals surface area contributed by atoms with Gasteiger partial charge in [0.15, 0.2) is 5.75 Å². The first-order valence-corrected chi connectivity index (χ1v) is 7.91. The zero-order valence-corrected chi connectivity index (χ0v) is 13.0. The van der Waals surface area contributed by atoms with Gasteiger partial charge in [-0.15, -0.1) is 0 Å². The first kappa shape index (κ1) is 13.1. The van der Waals surface area contributed by atoms with E-state index < -0.39 is 0 Å². The summed E-state index contributed by atoms with van der Waals surface area (Å²) in [4.78, 5) is 2.99. The maximum Gasteiger partial charge on any atom is 0.158 e. The van der Waals surface area contributed by atoms with Gasteiger partial charge in [0.25, 0.3) is 0 Å². The zero-order chi connectivity index (χ0) is 13.4. The molecule has 0 saturated heterocycles. The molecule has 0 aliphatic heterocycles. The molecule has 100 valence electrons. The van der Waals surface area contributed by atoms with Crippen molar-refractivity contribution in [3.05, 3.63) is 33.0 Å². The Bertz CT molecular complexity index is 674. The molecule has 19 heavy (non-hydrogen) atoms. The summed E-state index contributed by atoms with van der Waals surface area (Å²) in [6.07, 6.45) is 6.57. The first-order chi connectivity index (χ1) is 9.16. The lowest BCUT2D eigenvalue weighted by Crippen LogP contribution is -2.04. The van der Waals surface area contributed by atoms with E-state index in [1.807, 2.05) is 6.07 Å². The van der Waals surface area contributed by atoms with E-state index in [9.17, 15) is 5.11 Å². The van der Waals surface area contributed by atoms with Gasteiger partial charge in [0.2, 0.25) is 0 Å². The maximum absolute atomic E-state index is 10.0. The number of pyridine rings is 1. The molecule has 0 spiro atoms. The highest BCUT2D eigenvalue weighted by Crippen LogP contribution is 2.37. The quantitative estimate of drug-likeness (QED) is 0.538. The highest BCUT2D eigenvalue weighted by molar-refractivity contribution is 9.10. The SMILES string of the molecule is Oc1c(=S)[nH]c(Br)c2cc(C3CCCCC3)ccc12. The minimum Gasteiger partial charge on any atom is -0.504 e. The highest BCUT2D eigenvalue weighted by Gasteiger charge is 2.17. The summed E-state index contributed by atoms with van der Waals surface area (Å²) >= 11 is 8.60. The molecule has 0 amide bonds. The number of aromatic nitrogens is 1. The summed E-state index contributed by atoms with van der Waals surface area (Å²) in [5.41, 5.74) is 1.37. The lowest BCUT2D eigenvalue weighted by molar-refractivity contribution is 0.444. The third-order valence-electron chi connectivity index (χ3n) is 4.05. The van der Waals surface area contributed by atoms with Crippen LogP contribution in [0, 0.1) is 4.64 Å². The van der Waals surface area contributed by atoms with Gasteiger partial charge in [-0.3, -0.25) is 0 Å². The van der Waals surface area contributed by atoms with Crippen LogP contribution in [0.3, 0.4) is 0 Å². The summed E-state index contributed by atoms with van der Waals surface area (Å²) in [5.74, 6) is 0.832. The van der Waals surface area contributed by atoms with Crippen molar-refractivity contribution < 1.29 is 5.11 Å². The maximum atomic E-state index is 10.0. The number of rotatable bonds is 1. The van der Waals surface area contributed by atoms with Crippen LogP contribution in [-0.2, 0) is 0 Å². The van der Waals surface area contributed by atoms with Crippen molar-refractivity contribution in [3.63, 3.8) is 0 Å². The Balaban J connectivity index is 2.12. The number of nitrogens with one attached hydrogen (secondary N) is 1. The molecule has 2 nitrogen and oxygen atoms in total. The van der Waals surface area contributed by atoms with Crippen molar-refractivity contribution in [1.82, 2.24) is 4.98 Å². The average Bonchev–Trinajstić information content (AvgIpc) is 2.45. The predicted octanol–water partition coefficient (Wildman–Crippen LogP) is 5.41. The van der Waals surface area contributed by atoms with Crippen molar-refractivity contribution in [2.45, 2.75) is 38.0 Å². The molecule has 0 radical (unpaired) electrons. The highest BCUT2D eigenvalue weighted by atomic mass is 79.9. The number of aromatic amines is 1. The Morgan fingerprint density at radius 1 is 1.16 bits per heavy atom. The molecule has 1 aromatic heterocycles. The standard InChI is InChI=1S/C15H16BrNOS/c16-14-12-8-10(9-4-2-1-3-5-9)6-7-11(12)13(18)15(19)17-14/h6-9,18H,1-5H2,(H,17,19). The molecule has 1 aromatic carbocycles. The van der Waals surface area contributed by atoms with E-state index in [0.717, 1.165) is 15.4 Å². The number of fused-ring (bicyclic) bond motifs is 1. The van der Waals surface area contributed by atoms with Crippen molar-refractivity contribution in [3.8, 4) is 5.75 Å². The Labute approximate surface area is 126 Å². The molecule has 1 saturated carbocycles. The topological polar surface area (TPSA) is 36.0 Å². The molecular weight excluding hydrogens is 322 g/mol. The second kappa shape index (κ2) is 5.25. The summed E-state index contributed by atoms with van der Waals surface area (Å²) in [7, 11) is 0. The van der Waals surface area contributed by atoms with Crippen LogP contribution in [0.15, 0.2) is 22.8 Å². The van der Waals surface area contributed by atoms with E-state index in [4.69, 9.17) is 12.2 Å². The summed E-state index contributed by atoms with van der Waals surface area (Å²) in [6.45, 7) is 0. The van der Waals surface area contributed by atoms with Crippen LogP contribution >= 0.6 is 28.1 Å². The van der Waals surface area contributed by atoms with E-state index in [1.165, 1.54) is 37.7 Å². The molecule has 1 fully saturated rings. The van der Waals surface area contributed by atoms with Gasteiger partial charge in [0, 0.05) is 10.8 Å². The Morgan fingerprint density at radius 2 is 1.89 bits per heavy atom.